The Morgan fingerprint density at radius 3 is 2.71 bits per heavy atom. The summed E-state index contributed by atoms with van der Waals surface area (Å²) in [5.74, 6) is 0. The van der Waals surface area contributed by atoms with E-state index in [1.807, 2.05) is 30.3 Å². The molecule has 1 N–H and O–H groups in total. The number of rotatable bonds is 4. The Bertz CT molecular complexity index is 420. The fraction of sp³-hybridized carbons (Fsp3) is 0.385. The third-order valence-electron chi connectivity index (χ3n) is 2.74. The van der Waals surface area contributed by atoms with Crippen LogP contribution in [0.1, 0.15) is 19.3 Å². The molecule has 1 aromatic carbocycles. The van der Waals surface area contributed by atoms with Gasteiger partial charge >= 0.3 is 6.03 Å². The summed E-state index contributed by atoms with van der Waals surface area (Å²) >= 11 is 0. The minimum Gasteiger partial charge on any atom is -0.321 e. The maximum absolute atomic E-state index is 12.0. The van der Waals surface area contributed by atoms with Crippen molar-refractivity contribution in [2.24, 2.45) is 0 Å². The topological polar surface area (TPSA) is 56.1 Å². The molecule has 1 aliphatic rings. The van der Waals surface area contributed by atoms with Gasteiger partial charge in [-0.3, -0.25) is 0 Å². The minimum absolute atomic E-state index is 0.103. The van der Waals surface area contributed by atoms with E-state index in [4.69, 9.17) is 5.26 Å². The second-order valence-corrected chi connectivity index (χ2v) is 4.13. The van der Waals surface area contributed by atoms with E-state index in [0.717, 1.165) is 18.5 Å². The summed E-state index contributed by atoms with van der Waals surface area (Å²) in [6, 6.07) is 11.7. The summed E-state index contributed by atoms with van der Waals surface area (Å²) < 4.78 is 0. The van der Waals surface area contributed by atoms with E-state index in [1.54, 1.807) is 4.90 Å². The first-order valence-electron chi connectivity index (χ1n) is 5.81. The van der Waals surface area contributed by atoms with Crippen molar-refractivity contribution >= 4 is 11.7 Å². The first-order valence-corrected chi connectivity index (χ1v) is 5.81. The Morgan fingerprint density at radius 2 is 2.12 bits per heavy atom. The zero-order chi connectivity index (χ0) is 12.1. The zero-order valence-electron chi connectivity index (χ0n) is 9.60. The van der Waals surface area contributed by atoms with E-state index in [0.29, 0.717) is 19.0 Å². The van der Waals surface area contributed by atoms with Crippen LogP contribution in [-0.4, -0.2) is 23.5 Å². The van der Waals surface area contributed by atoms with Gasteiger partial charge in [-0.1, -0.05) is 18.2 Å². The van der Waals surface area contributed by atoms with Gasteiger partial charge < -0.3 is 10.2 Å². The van der Waals surface area contributed by atoms with Crippen molar-refractivity contribution in [1.82, 2.24) is 4.90 Å². The number of carbonyl (C=O) groups excluding carboxylic acids is 1. The number of urea groups is 1. The molecule has 2 amide bonds. The highest BCUT2D eigenvalue weighted by Crippen LogP contribution is 2.27. The molecule has 0 unspecified atom stereocenters. The van der Waals surface area contributed by atoms with Crippen molar-refractivity contribution in [2.45, 2.75) is 25.3 Å². The lowest BCUT2D eigenvalue weighted by Gasteiger charge is -2.21. The first-order chi connectivity index (χ1) is 8.31. The van der Waals surface area contributed by atoms with Crippen LogP contribution in [0.3, 0.4) is 0 Å². The number of carbonyl (C=O) groups is 1. The summed E-state index contributed by atoms with van der Waals surface area (Å²) in [5.41, 5.74) is 0.792. The molecule has 1 aliphatic carbocycles. The lowest BCUT2D eigenvalue weighted by molar-refractivity contribution is 0.210. The van der Waals surface area contributed by atoms with Crippen molar-refractivity contribution < 1.29 is 4.79 Å². The molecule has 0 heterocycles. The predicted molar refractivity (Wildman–Crippen MR) is 65.4 cm³/mol. The van der Waals surface area contributed by atoms with Gasteiger partial charge in [0.25, 0.3) is 0 Å². The second kappa shape index (κ2) is 5.35. The largest absolute Gasteiger partial charge is 0.322 e. The van der Waals surface area contributed by atoms with Gasteiger partial charge in [0.15, 0.2) is 0 Å². The molecule has 0 aliphatic heterocycles. The summed E-state index contributed by atoms with van der Waals surface area (Å²) in [5, 5.41) is 11.4. The van der Waals surface area contributed by atoms with Crippen molar-refractivity contribution in [2.75, 3.05) is 11.9 Å². The molecule has 0 aromatic heterocycles. The summed E-state index contributed by atoms with van der Waals surface area (Å²) in [7, 11) is 0. The molecule has 1 fully saturated rings. The molecule has 4 heteroatoms. The lowest BCUT2D eigenvalue weighted by Crippen LogP contribution is -2.37. The highest BCUT2D eigenvalue weighted by Gasteiger charge is 2.32. The number of nitrogens with one attached hydrogen (secondary N) is 1. The molecular formula is C13H15N3O. The van der Waals surface area contributed by atoms with Gasteiger partial charge in [-0.15, -0.1) is 0 Å². The van der Waals surface area contributed by atoms with Crippen molar-refractivity contribution in [3.8, 4) is 6.07 Å². The van der Waals surface area contributed by atoms with Crippen LogP contribution in [0.5, 0.6) is 0 Å². The summed E-state index contributed by atoms with van der Waals surface area (Å²) in [6.07, 6.45) is 2.49. The van der Waals surface area contributed by atoms with Crippen LogP contribution >= 0.6 is 0 Å². The van der Waals surface area contributed by atoms with Crippen LogP contribution in [0.25, 0.3) is 0 Å². The molecule has 0 radical (unpaired) electrons. The van der Waals surface area contributed by atoms with Gasteiger partial charge in [0.05, 0.1) is 12.5 Å². The number of hydrogen-bond acceptors (Lipinski definition) is 2. The van der Waals surface area contributed by atoms with Gasteiger partial charge in [0.2, 0.25) is 0 Å². The number of nitriles is 1. The second-order valence-electron chi connectivity index (χ2n) is 4.13. The molecule has 0 saturated heterocycles. The Hall–Kier alpha value is -2.02. The third-order valence-corrected chi connectivity index (χ3v) is 2.74. The number of anilines is 1. The lowest BCUT2D eigenvalue weighted by atomic mass is 10.3. The van der Waals surface area contributed by atoms with E-state index in [-0.39, 0.29) is 6.03 Å². The van der Waals surface area contributed by atoms with Gasteiger partial charge in [-0.05, 0) is 25.0 Å². The molecule has 2 rings (SSSR count). The van der Waals surface area contributed by atoms with E-state index in [2.05, 4.69) is 11.4 Å². The Labute approximate surface area is 101 Å². The van der Waals surface area contributed by atoms with Gasteiger partial charge in [-0.2, -0.15) is 5.26 Å². The molecule has 0 spiro atoms. The summed E-state index contributed by atoms with van der Waals surface area (Å²) in [4.78, 5) is 13.8. The molecule has 1 aromatic rings. The molecule has 88 valence electrons. The first kappa shape index (κ1) is 11.5. The number of amides is 2. The number of hydrogen-bond donors (Lipinski definition) is 1. The van der Waals surface area contributed by atoms with Gasteiger partial charge in [0, 0.05) is 18.3 Å². The standard InChI is InChI=1S/C13H15N3O/c14-9-4-10-16(12-7-8-12)13(17)15-11-5-2-1-3-6-11/h1-3,5-6,12H,4,7-8,10H2,(H,15,17). The van der Waals surface area contributed by atoms with Crippen molar-refractivity contribution in [1.29, 1.82) is 5.26 Å². The zero-order valence-corrected chi connectivity index (χ0v) is 9.60. The van der Waals surface area contributed by atoms with Crippen molar-refractivity contribution in [3.63, 3.8) is 0 Å². The van der Waals surface area contributed by atoms with Crippen LogP contribution in [0.2, 0.25) is 0 Å². The Kier molecular flexibility index (Phi) is 3.61. The number of para-hydroxylation sites is 1. The fourth-order valence-corrected chi connectivity index (χ4v) is 1.72. The van der Waals surface area contributed by atoms with Crippen LogP contribution in [0, 0.1) is 11.3 Å². The fourth-order valence-electron chi connectivity index (χ4n) is 1.72. The maximum atomic E-state index is 12.0. The average molecular weight is 229 g/mol. The Balaban J connectivity index is 1.95. The van der Waals surface area contributed by atoms with Crippen LogP contribution in [0.15, 0.2) is 30.3 Å². The van der Waals surface area contributed by atoms with Gasteiger partial charge in [-0.25, -0.2) is 4.79 Å². The highest BCUT2D eigenvalue weighted by molar-refractivity contribution is 5.89. The average Bonchev–Trinajstić information content (AvgIpc) is 3.15. The number of benzene rings is 1. The molecule has 1 saturated carbocycles. The van der Waals surface area contributed by atoms with Crippen LogP contribution in [-0.2, 0) is 0 Å². The Morgan fingerprint density at radius 1 is 1.41 bits per heavy atom. The highest BCUT2D eigenvalue weighted by atomic mass is 16.2. The van der Waals surface area contributed by atoms with Gasteiger partial charge in [0.1, 0.15) is 0 Å². The molecule has 0 atom stereocenters. The predicted octanol–water partition coefficient (Wildman–Crippen LogP) is 2.60. The normalized spacial score (nSPS) is 13.8. The third kappa shape index (κ3) is 3.22. The number of nitrogens with zero attached hydrogens (tertiary/aromatic N) is 2. The van der Waals surface area contributed by atoms with E-state index in [9.17, 15) is 4.79 Å². The molecule has 4 nitrogen and oxygen atoms in total. The van der Waals surface area contributed by atoms with E-state index in [1.165, 1.54) is 0 Å². The molecular weight excluding hydrogens is 214 g/mol. The van der Waals surface area contributed by atoms with E-state index < -0.39 is 0 Å². The SMILES string of the molecule is N#CCCN(C(=O)Nc1ccccc1)C1CC1. The molecule has 0 bridgehead atoms. The smallest absolute Gasteiger partial charge is 0.321 e. The van der Waals surface area contributed by atoms with E-state index >= 15 is 0 Å². The quantitative estimate of drug-likeness (QED) is 0.862. The van der Waals surface area contributed by atoms with Crippen LogP contribution in [0.4, 0.5) is 10.5 Å². The monoisotopic (exact) mass is 229 g/mol. The van der Waals surface area contributed by atoms with Crippen molar-refractivity contribution in [3.05, 3.63) is 30.3 Å². The summed E-state index contributed by atoms with van der Waals surface area (Å²) in [6.45, 7) is 0.514. The molecule has 17 heavy (non-hydrogen) atoms. The van der Waals surface area contributed by atoms with Crippen LogP contribution < -0.4 is 5.32 Å². The minimum atomic E-state index is -0.103. The maximum Gasteiger partial charge on any atom is 0.322 e.